The number of nitrogens with one attached hydrogen (secondary N) is 1. The summed E-state index contributed by atoms with van der Waals surface area (Å²) in [5.74, 6) is 0.210. The van der Waals surface area contributed by atoms with Crippen molar-refractivity contribution in [2.75, 3.05) is 5.32 Å². The fourth-order valence-electron chi connectivity index (χ4n) is 1.82. The largest absolute Gasteiger partial charge is 0.491 e. The Labute approximate surface area is 129 Å². The van der Waals surface area contributed by atoms with Crippen LogP contribution in [0.1, 0.15) is 19.4 Å². The van der Waals surface area contributed by atoms with Gasteiger partial charge in [0.15, 0.2) is 0 Å². The molecule has 0 aliphatic heterocycles. The van der Waals surface area contributed by atoms with E-state index in [-0.39, 0.29) is 17.8 Å². The quantitative estimate of drug-likeness (QED) is 0.838. The summed E-state index contributed by atoms with van der Waals surface area (Å²) < 4.78 is 18.3. The average molecular weight is 299 g/mol. The maximum Gasteiger partial charge on any atom is 0.248 e. The maximum atomic E-state index is 12.8. The smallest absolute Gasteiger partial charge is 0.248 e. The zero-order valence-electron chi connectivity index (χ0n) is 12.5. The van der Waals surface area contributed by atoms with E-state index < -0.39 is 0 Å². The van der Waals surface area contributed by atoms with Gasteiger partial charge in [-0.05, 0) is 61.9 Å². The molecule has 0 saturated heterocycles. The lowest BCUT2D eigenvalue weighted by Crippen LogP contribution is -2.08. The number of ether oxygens (including phenoxy) is 1. The second-order valence-corrected chi connectivity index (χ2v) is 5.07. The van der Waals surface area contributed by atoms with E-state index in [0.717, 1.165) is 11.3 Å². The van der Waals surface area contributed by atoms with E-state index in [1.165, 1.54) is 18.2 Å². The van der Waals surface area contributed by atoms with E-state index in [2.05, 4.69) is 5.32 Å². The lowest BCUT2D eigenvalue weighted by molar-refractivity contribution is -0.111. The Kier molecular flexibility index (Phi) is 5.31. The molecular weight excluding hydrogens is 281 g/mol. The van der Waals surface area contributed by atoms with Crippen molar-refractivity contribution in [2.45, 2.75) is 20.0 Å². The van der Waals surface area contributed by atoms with Crippen molar-refractivity contribution in [3.8, 4) is 5.75 Å². The molecule has 2 rings (SSSR count). The molecule has 0 radical (unpaired) electrons. The summed E-state index contributed by atoms with van der Waals surface area (Å²) in [6, 6.07) is 13.1. The third-order valence-electron chi connectivity index (χ3n) is 2.79. The Morgan fingerprint density at radius 1 is 1.09 bits per heavy atom. The van der Waals surface area contributed by atoms with Crippen molar-refractivity contribution in [3.63, 3.8) is 0 Å². The zero-order chi connectivity index (χ0) is 15.9. The minimum Gasteiger partial charge on any atom is -0.491 e. The number of halogens is 1. The van der Waals surface area contributed by atoms with Crippen molar-refractivity contribution in [1.82, 2.24) is 0 Å². The van der Waals surface area contributed by atoms with E-state index in [1.807, 2.05) is 13.8 Å². The summed E-state index contributed by atoms with van der Waals surface area (Å²) in [4.78, 5) is 11.8. The van der Waals surface area contributed by atoms with Crippen LogP contribution in [0.3, 0.4) is 0 Å². The van der Waals surface area contributed by atoms with Crippen LogP contribution in [0.15, 0.2) is 54.6 Å². The Hall–Kier alpha value is -2.62. The normalized spacial score (nSPS) is 10.9. The standard InChI is InChI=1S/C18H18FNO2/c1-13(2)22-17-10-8-16(9-11-17)20-18(21)12-5-14-3-6-15(19)7-4-14/h3-13H,1-2H3,(H,20,21)/b12-5+. The summed E-state index contributed by atoms with van der Waals surface area (Å²) >= 11 is 0. The minimum atomic E-state index is -0.301. The van der Waals surface area contributed by atoms with E-state index in [9.17, 15) is 9.18 Å². The van der Waals surface area contributed by atoms with Gasteiger partial charge in [-0.2, -0.15) is 0 Å². The molecule has 0 aromatic heterocycles. The first-order valence-electron chi connectivity index (χ1n) is 7.04. The molecular formula is C18H18FNO2. The number of carbonyl (C=O) groups is 1. The molecule has 22 heavy (non-hydrogen) atoms. The van der Waals surface area contributed by atoms with Gasteiger partial charge in [-0.1, -0.05) is 12.1 Å². The number of hydrogen-bond acceptors (Lipinski definition) is 2. The average Bonchev–Trinajstić information content (AvgIpc) is 2.48. The van der Waals surface area contributed by atoms with Crippen LogP contribution in [0.5, 0.6) is 5.75 Å². The highest BCUT2D eigenvalue weighted by Gasteiger charge is 2.00. The predicted molar refractivity (Wildman–Crippen MR) is 86.3 cm³/mol. The minimum absolute atomic E-state index is 0.110. The lowest BCUT2D eigenvalue weighted by atomic mass is 10.2. The summed E-state index contributed by atoms with van der Waals surface area (Å²) in [6.07, 6.45) is 3.15. The molecule has 2 aromatic carbocycles. The number of hydrogen-bond donors (Lipinski definition) is 1. The van der Waals surface area contributed by atoms with Crippen LogP contribution >= 0.6 is 0 Å². The second-order valence-electron chi connectivity index (χ2n) is 5.07. The van der Waals surface area contributed by atoms with Crippen LogP contribution in [-0.4, -0.2) is 12.0 Å². The molecule has 4 heteroatoms. The van der Waals surface area contributed by atoms with Gasteiger partial charge in [-0.25, -0.2) is 4.39 Å². The van der Waals surface area contributed by atoms with Crippen molar-refractivity contribution in [2.24, 2.45) is 0 Å². The molecule has 0 aliphatic rings. The monoisotopic (exact) mass is 299 g/mol. The Balaban J connectivity index is 1.92. The maximum absolute atomic E-state index is 12.8. The highest BCUT2D eigenvalue weighted by molar-refractivity contribution is 6.01. The van der Waals surface area contributed by atoms with Crippen molar-refractivity contribution >= 4 is 17.7 Å². The first-order valence-corrected chi connectivity index (χ1v) is 7.04. The second kappa shape index (κ2) is 7.41. The molecule has 1 N–H and O–H groups in total. The Morgan fingerprint density at radius 2 is 1.73 bits per heavy atom. The zero-order valence-corrected chi connectivity index (χ0v) is 12.5. The van der Waals surface area contributed by atoms with E-state index in [4.69, 9.17) is 4.74 Å². The van der Waals surface area contributed by atoms with Crippen molar-refractivity contribution in [1.29, 1.82) is 0 Å². The number of rotatable bonds is 5. The molecule has 0 atom stereocenters. The molecule has 0 spiro atoms. The van der Waals surface area contributed by atoms with E-state index >= 15 is 0 Å². The van der Waals surface area contributed by atoms with Gasteiger partial charge < -0.3 is 10.1 Å². The van der Waals surface area contributed by atoms with Crippen LogP contribution in [0.4, 0.5) is 10.1 Å². The molecule has 1 amide bonds. The fourth-order valence-corrected chi connectivity index (χ4v) is 1.82. The molecule has 114 valence electrons. The SMILES string of the molecule is CC(C)Oc1ccc(NC(=O)/C=C/c2ccc(F)cc2)cc1. The summed E-state index contributed by atoms with van der Waals surface area (Å²) in [6.45, 7) is 3.91. The van der Waals surface area contributed by atoms with Crippen molar-refractivity contribution < 1.29 is 13.9 Å². The van der Waals surface area contributed by atoms with Gasteiger partial charge in [0.05, 0.1) is 6.10 Å². The van der Waals surface area contributed by atoms with E-state index in [1.54, 1.807) is 42.5 Å². The van der Waals surface area contributed by atoms with Gasteiger partial charge in [0, 0.05) is 11.8 Å². The molecule has 3 nitrogen and oxygen atoms in total. The van der Waals surface area contributed by atoms with Gasteiger partial charge >= 0.3 is 0 Å². The third-order valence-corrected chi connectivity index (χ3v) is 2.79. The van der Waals surface area contributed by atoms with Gasteiger partial charge in [0.2, 0.25) is 5.91 Å². The molecule has 0 heterocycles. The van der Waals surface area contributed by atoms with Crippen LogP contribution in [0, 0.1) is 5.82 Å². The molecule has 0 aliphatic carbocycles. The highest BCUT2D eigenvalue weighted by atomic mass is 19.1. The topological polar surface area (TPSA) is 38.3 Å². The number of carbonyl (C=O) groups excluding carboxylic acids is 1. The first-order chi connectivity index (χ1) is 10.5. The van der Waals surface area contributed by atoms with Crippen LogP contribution in [0.25, 0.3) is 6.08 Å². The molecule has 0 unspecified atom stereocenters. The Morgan fingerprint density at radius 3 is 2.32 bits per heavy atom. The summed E-state index contributed by atoms with van der Waals surface area (Å²) in [5.41, 5.74) is 1.45. The van der Waals surface area contributed by atoms with Crippen molar-refractivity contribution in [3.05, 3.63) is 66.0 Å². The van der Waals surface area contributed by atoms with Crippen LogP contribution in [0.2, 0.25) is 0 Å². The summed E-state index contributed by atoms with van der Waals surface area (Å²) in [7, 11) is 0. The predicted octanol–water partition coefficient (Wildman–Crippen LogP) is 4.26. The van der Waals surface area contributed by atoms with Gasteiger partial charge in [-0.3, -0.25) is 4.79 Å². The fraction of sp³-hybridized carbons (Fsp3) is 0.167. The van der Waals surface area contributed by atoms with Gasteiger partial charge in [-0.15, -0.1) is 0 Å². The molecule has 0 saturated carbocycles. The lowest BCUT2D eigenvalue weighted by Gasteiger charge is -2.10. The van der Waals surface area contributed by atoms with Crippen LogP contribution < -0.4 is 10.1 Å². The third kappa shape index (κ3) is 5.05. The van der Waals surface area contributed by atoms with Crippen LogP contribution in [-0.2, 0) is 4.79 Å². The number of amides is 1. The molecule has 2 aromatic rings. The van der Waals surface area contributed by atoms with Gasteiger partial charge in [0.25, 0.3) is 0 Å². The molecule has 0 fully saturated rings. The molecule has 0 bridgehead atoms. The van der Waals surface area contributed by atoms with E-state index in [0.29, 0.717) is 5.69 Å². The summed E-state index contributed by atoms with van der Waals surface area (Å²) in [5, 5.41) is 2.75. The Bertz CT molecular complexity index is 646. The number of benzene rings is 2. The number of anilines is 1. The highest BCUT2D eigenvalue weighted by Crippen LogP contribution is 2.17. The van der Waals surface area contributed by atoms with Gasteiger partial charge in [0.1, 0.15) is 11.6 Å². The first kappa shape index (κ1) is 15.8.